The predicted molar refractivity (Wildman–Crippen MR) is 72.1 cm³/mol. The molecule has 0 fully saturated rings. The summed E-state index contributed by atoms with van der Waals surface area (Å²) in [6.45, 7) is 9.16. The van der Waals surface area contributed by atoms with Gasteiger partial charge in [0, 0.05) is 13.0 Å². The molecule has 0 N–H and O–H groups in total. The van der Waals surface area contributed by atoms with Crippen molar-refractivity contribution in [2.24, 2.45) is 0 Å². The molecule has 0 saturated carbocycles. The first-order chi connectivity index (χ1) is 8.17. The van der Waals surface area contributed by atoms with Gasteiger partial charge in [-0.1, -0.05) is 38.1 Å². The fourth-order valence-corrected chi connectivity index (χ4v) is 2.06. The van der Waals surface area contributed by atoms with E-state index in [9.17, 15) is 4.79 Å². The van der Waals surface area contributed by atoms with Crippen LogP contribution in [0.1, 0.15) is 38.3 Å². The average Bonchev–Trinajstić information content (AvgIpc) is 2.30. The Morgan fingerprint density at radius 1 is 1.18 bits per heavy atom. The van der Waals surface area contributed by atoms with Crippen LogP contribution in [0, 0.1) is 0 Å². The van der Waals surface area contributed by atoms with Crippen molar-refractivity contribution in [3.63, 3.8) is 0 Å². The van der Waals surface area contributed by atoms with Crippen molar-refractivity contribution in [2.45, 2.75) is 40.2 Å². The van der Waals surface area contributed by atoms with Crippen LogP contribution in [0.2, 0.25) is 0 Å². The third-order valence-corrected chi connectivity index (χ3v) is 2.94. The van der Waals surface area contributed by atoms with Crippen LogP contribution in [-0.2, 0) is 17.8 Å². The molecule has 94 valence electrons. The number of nitrogens with zero attached hydrogens (tertiary/aromatic N) is 1. The van der Waals surface area contributed by atoms with Gasteiger partial charge in [-0.05, 0) is 37.6 Å². The first-order valence-electron chi connectivity index (χ1n) is 6.46. The molecule has 0 atom stereocenters. The van der Waals surface area contributed by atoms with E-state index in [-0.39, 0.29) is 5.78 Å². The number of carbonyl (C=O) groups excluding carboxylic acids is 1. The summed E-state index contributed by atoms with van der Waals surface area (Å²) in [6, 6.07) is 8.27. The van der Waals surface area contributed by atoms with Gasteiger partial charge in [0.15, 0.2) is 0 Å². The Morgan fingerprint density at radius 3 is 2.35 bits per heavy atom. The van der Waals surface area contributed by atoms with E-state index in [0.717, 1.165) is 19.6 Å². The zero-order valence-electron chi connectivity index (χ0n) is 11.2. The highest BCUT2D eigenvalue weighted by Gasteiger charge is 2.08. The number of carbonyl (C=O) groups is 1. The second kappa shape index (κ2) is 7.23. The highest BCUT2D eigenvalue weighted by molar-refractivity contribution is 5.78. The number of benzene rings is 1. The molecule has 0 aliphatic heterocycles. The SMILES string of the molecule is CCCN(CC)Cc1ccccc1CC(C)=O. The standard InChI is InChI=1S/C15H23NO/c1-4-10-16(5-2)12-15-9-7-6-8-14(15)11-13(3)17/h6-9H,4-5,10-12H2,1-3H3. The van der Waals surface area contributed by atoms with Gasteiger partial charge in [0.25, 0.3) is 0 Å². The molecule has 0 unspecified atom stereocenters. The monoisotopic (exact) mass is 233 g/mol. The Morgan fingerprint density at radius 2 is 1.82 bits per heavy atom. The van der Waals surface area contributed by atoms with E-state index >= 15 is 0 Å². The lowest BCUT2D eigenvalue weighted by atomic mass is 10.0. The van der Waals surface area contributed by atoms with E-state index in [1.807, 2.05) is 6.07 Å². The van der Waals surface area contributed by atoms with Gasteiger partial charge in [-0.2, -0.15) is 0 Å². The zero-order chi connectivity index (χ0) is 12.7. The van der Waals surface area contributed by atoms with Crippen molar-refractivity contribution in [1.29, 1.82) is 0 Å². The Bertz CT molecular complexity index is 360. The summed E-state index contributed by atoms with van der Waals surface area (Å²) >= 11 is 0. The Kier molecular flexibility index (Phi) is 5.92. The van der Waals surface area contributed by atoms with E-state index in [1.54, 1.807) is 6.92 Å². The normalized spacial score (nSPS) is 10.8. The molecule has 0 aromatic heterocycles. The molecule has 0 aliphatic carbocycles. The van der Waals surface area contributed by atoms with Gasteiger partial charge in [-0.25, -0.2) is 0 Å². The largest absolute Gasteiger partial charge is 0.300 e. The fraction of sp³-hybridized carbons (Fsp3) is 0.533. The highest BCUT2D eigenvalue weighted by Crippen LogP contribution is 2.13. The van der Waals surface area contributed by atoms with Gasteiger partial charge in [0.05, 0.1) is 0 Å². The van der Waals surface area contributed by atoms with E-state index in [2.05, 4.69) is 36.9 Å². The smallest absolute Gasteiger partial charge is 0.134 e. The summed E-state index contributed by atoms with van der Waals surface area (Å²) in [5.74, 6) is 0.232. The van der Waals surface area contributed by atoms with Crippen molar-refractivity contribution in [3.8, 4) is 0 Å². The summed E-state index contributed by atoms with van der Waals surface area (Å²) in [5.41, 5.74) is 2.47. The third-order valence-electron chi connectivity index (χ3n) is 2.94. The van der Waals surface area contributed by atoms with Crippen LogP contribution in [0.3, 0.4) is 0 Å². The summed E-state index contributed by atoms with van der Waals surface area (Å²) < 4.78 is 0. The minimum Gasteiger partial charge on any atom is -0.300 e. The van der Waals surface area contributed by atoms with Crippen molar-refractivity contribution in [3.05, 3.63) is 35.4 Å². The molecule has 0 spiro atoms. The molecule has 2 heteroatoms. The number of hydrogen-bond acceptors (Lipinski definition) is 2. The molecule has 1 rings (SSSR count). The van der Waals surface area contributed by atoms with Crippen LogP contribution >= 0.6 is 0 Å². The second-order valence-electron chi connectivity index (χ2n) is 4.52. The minimum absolute atomic E-state index is 0.232. The maximum Gasteiger partial charge on any atom is 0.134 e. The summed E-state index contributed by atoms with van der Waals surface area (Å²) in [6.07, 6.45) is 1.72. The van der Waals surface area contributed by atoms with Crippen LogP contribution in [0.15, 0.2) is 24.3 Å². The zero-order valence-corrected chi connectivity index (χ0v) is 11.2. The summed E-state index contributed by atoms with van der Waals surface area (Å²) in [5, 5.41) is 0. The molecular formula is C15H23NO. The average molecular weight is 233 g/mol. The van der Waals surface area contributed by atoms with Gasteiger partial charge in [0.1, 0.15) is 5.78 Å². The first-order valence-corrected chi connectivity index (χ1v) is 6.46. The van der Waals surface area contributed by atoms with Gasteiger partial charge in [-0.3, -0.25) is 9.69 Å². The molecule has 0 saturated heterocycles. The lowest BCUT2D eigenvalue weighted by molar-refractivity contribution is -0.116. The molecule has 1 aromatic carbocycles. The molecule has 0 bridgehead atoms. The summed E-state index contributed by atoms with van der Waals surface area (Å²) in [7, 11) is 0. The lowest BCUT2D eigenvalue weighted by Gasteiger charge is -2.21. The van der Waals surface area contributed by atoms with Crippen LogP contribution in [0.4, 0.5) is 0 Å². The van der Waals surface area contributed by atoms with Crippen LogP contribution in [0.25, 0.3) is 0 Å². The Labute approximate surface area is 105 Å². The van der Waals surface area contributed by atoms with Crippen molar-refractivity contribution in [1.82, 2.24) is 4.90 Å². The quantitative estimate of drug-likeness (QED) is 0.721. The van der Waals surface area contributed by atoms with E-state index < -0.39 is 0 Å². The highest BCUT2D eigenvalue weighted by atomic mass is 16.1. The molecule has 0 aliphatic rings. The van der Waals surface area contributed by atoms with Crippen LogP contribution < -0.4 is 0 Å². The van der Waals surface area contributed by atoms with Crippen molar-refractivity contribution in [2.75, 3.05) is 13.1 Å². The molecular weight excluding hydrogens is 210 g/mol. The molecule has 2 nitrogen and oxygen atoms in total. The van der Waals surface area contributed by atoms with Gasteiger partial charge >= 0.3 is 0 Å². The number of rotatable bonds is 7. The molecule has 0 amide bonds. The molecule has 17 heavy (non-hydrogen) atoms. The summed E-state index contributed by atoms with van der Waals surface area (Å²) in [4.78, 5) is 13.6. The van der Waals surface area contributed by atoms with Crippen LogP contribution in [0.5, 0.6) is 0 Å². The first kappa shape index (κ1) is 13.9. The predicted octanol–water partition coefficient (Wildman–Crippen LogP) is 3.05. The van der Waals surface area contributed by atoms with Crippen LogP contribution in [-0.4, -0.2) is 23.8 Å². The maximum absolute atomic E-state index is 11.2. The van der Waals surface area contributed by atoms with E-state index in [4.69, 9.17) is 0 Å². The van der Waals surface area contributed by atoms with Crippen molar-refractivity contribution < 1.29 is 4.79 Å². The Hall–Kier alpha value is -1.15. The van der Waals surface area contributed by atoms with Crippen molar-refractivity contribution >= 4 is 5.78 Å². The topological polar surface area (TPSA) is 20.3 Å². The number of hydrogen-bond donors (Lipinski definition) is 0. The van der Waals surface area contributed by atoms with Gasteiger partial charge in [-0.15, -0.1) is 0 Å². The molecule has 0 radical (unpaired) electrons. The third kappa shape index (κ3) is 4.70. The molecule has 1 aromatic rings. The van der Waals surface area contributed by atoms with E-state index in [0.29, 0.717) is 6.42 Å². The lowest BCUT2D eigenvalue weighted by Crippen LogP contribution is -2.24. The fourth-order valence-electron chi connectivity index (χ4n) is 2.06. The number of Topliss-reactive ketones (excluding diaryl/α,β-unsaturated/α-hetero) is 1. The number of ketones is 1. The minimum atomic E-state index is 0.232. The van der Waals surface area contributed by atoms with Gasteiger partial charge < -0.3 is 0 Å². The molecule has 0 heterocycles. The maximum atomic E-state index is 11.2. The Balaban J connectivity index is 2.77. The van der Waals surface area contributed by atoms with Gasteiger partial charge in [0.2, 0.25) is 0 Å². The second-order valence-corrected chi connectivity index (χ2v) is 4.52. The van der Waals surface area contributed by atoms with E-state index in [1.165, 1.54) is 17.5 Å².